The average molecular weight is 705 g/mol. The number of halogens is 2. The van der Waals surface area contributed by atoms with E-state index in [1.807, 2.05) is 0 Å². The van der Waals surface area contributed by atoms with Gasteiger partial charge in [-0.05, 0) is 12.3 Å². The molecule has 0 heterocycles. The van der Waals surface area contributed by atoms with Gasteiger partial charge in [-0.25, -0.2) is 0 Å². The fraction of sp³-hybridized carbons (Fsp3) is 0. The van der Waals surface area contributed by atoms with Crippen LogP contribution in [-0.4, -0.2) is 171 Å². The van der Waals surface area contributed by atoms with E-state index >= 15 is 0 Å². The first-order valence-corrected chi connectivity index (χ1v) is 4.90. The third-order valence-electron chi connectivity index (χ3n) is 0. The molecule has 0 radical (unpaired) electrons. The predicted molar refractivity (Wildman–Crippen MR) is 55.6 cm³/mol. The Balaban J connectivity index is -0.00000000286. The third kappa shape index (κ3) is 683. The molecule has 0 aliphatic carbocycles. The summed E-state index contributed by atoms with van der Waals surface area (Å²) in [4.78, 5) is 50.7. The van der Waals surface area contributed by atoms with Crippen LogP contribution < -0.4 is 292 Å². The molecule has 0 fully saturated rings. The van der Waals surface area contributed by atoms with Crippen LogP contribution in [-0.2, 0) is 8.92 Å². The molecule has 0 aromatic rings. The van der Waals surface area contributed by atoms with Crippen LogP contribution in [0.25, 0.3) is 0 Å². The van der Waals surface area contributed by atoms with E-state index in [1.54, 1.807) is 0 Å². The number of carbonyl (C=O) groups is 2. The van der Waals surface area contributed by atoms with E-state index in [0.717, 1.165) is 0 Å². The molecule has 0 unspecified atom stereocenters. The van der Waals surface area contributed by atoms with Crippen molar-refractivity contribution in [3.63, 3.8) is 0 Å². The first-order valence-electron chi connectivity index (χ1n) is 2.45. The van der Waals surface area contributed by atoms with E-state index in [9.17, 15) is 0 Å². The molecule has 0 rings (SSSR count). The van der Waals surface area contributed by atoms with Crippen molar-refractivity contribution < 1.29 is 338 Å². The van der Waals surface area contributed by atoms with Crippen molar-refractivity contribution in [1.82, 2.24) is 0 Å². The van der Waals surface area contributed by atoms with E-state index in [-0.39, 0.29) is 393 Å². The first kappa shape index (κ1) is 148. The van der Waals surface area contributed by atoms with Gasteiger partial charge in [-0.1, -0.05) is 0 Å². The van der Waals surface area contributed by atoms with Gasteiger partial charge in [0.2, 0.25) is 0 Å². The summed E-state index contributed by atoms with van der Waals surface area (Å²) in [6, 6.07) is 0. The molecular weight excluding hydrogens is 697 g/mol. The number of rotatable bonds is 0. The van der Waals surface area contributed by atoms with Crippen LogP contribution >= 0.6 is 0 Å². The predicted octanol–water partition coefficient (Wildman–Crippen LogP) is -38.6. The summed E-state index contributed by atoms with van der Waals surface area (Å²) in [6.45, 7) is 0. The van der Waals surface area contributed by atoms with Gasteiger partial charge in [-0.15, -0.1) is 0 Å². The molecular formula is C2H8Ca3F2K3Na3O17Si2. The zero-order valence-corrected chi connectivity index (χ0v) is 42.2. The summed E-state index contributed by atoms with van der Waals surface area (Å²) >= 11 is 0. The first-order chi connectivity index (χ1) is 6.93. The third-order valence-corrected chi connectivity index (χ3v) is 0. The van der Waals surface area contributed by atoms with Crippen LogP contribution in [0.2, 0.25) is 0 Å². The largest absolute Gasteiger partial charge is 2.00 e. The molecule has 0 aromatic carbocycles. The number of hydrogen-bond donors (Lipinski definition) is 0. The zero-order valence-electron chi connectivity index (χ0n) is 18.2. The molecule has 0 aromatic heterocycles. The van der Waals surface area contributed by atoms with E-state index in [4.69, 9.17) is 58.1 Å². The SMILES string of the molecule is O.O.O.O=C([O-])[O-].O=C([O-])[O-].O=[Si]([O-])[O-].O=[Si]([O-])[O-].[Ca+2].[Ca+2].[Ca+2].[F-].[F-].[K+].[K+].[K+].[Na+].[Na+].[Na+].[OH-].[OH-]. The molecule has 0 saturated carbocycles. The van der Waals surface area contributed by atoms with Crippen molar-refractivity contribution in [2.75, 3.05) is 0 Å². The van der Waals surface area contributed by atoms with Crippen LogP contribution in [0, 0.1) is 0 Å². The Bertz CT molecular complexity index is 210. The Morgan fingerprint density at radius 1 is 0.500 bits per heavy atom. The van der Waals surface area contributed by atoms with Crippen LogP contribution in [0.5, 0.6) is 0 Å². The minimum atomic E-state index is -3.63. The van der Waals surface area contributed by atoms with Crippen molar-refractivity contribution in [2.45, 2.75) is 0 Å². The zero-order chi connectivity index (χ0) is 14.3. The average Bonchev–Trinajstić information content (AvgIpc) is 1.76. The summed E-state index contributed by atoms with van der Waals surface area (Å²) in [6.07, 6.45) is -4.67. The monoisotopic (exact) mass is 704 g/mol. The molecule has 17 nitrogen and oxygen atoms in total. The Labute approximate surface area is 467 Å². The quantitative estimate of drug-likeness (QED) is 0.211. The normalized spacial score (nSPS) is 3.00. The molecule has 0 aliphatic rings. The maximum absolute atomic E-state index is 8.52. The van der Waals surface area contributed by atoms with E-state index in [1.165, 1.54) is 0 Å². The van der Waals surface area contributed by atoms with Gasteiger partial charge in [0.05, 0.1) is 0 Å². The van der Waals surface area contributed by atoms with Crippen LogP contribution in [0.3, 0.4) is 0 Å². The van der Waals surface area contributed by atoms with Crippen molar-refractivity contribution >= 4 is 144 Å². The number of carboxylic acid groups (broad SMARTS) is 4. The Morgan fingerprint density at radius 2 is 0.500 bits per heavy atom. The minimum Gasteiger partial charge on any atom is -1.00 e. The van der Waals surface area contributed by atoms with Crippen LogP contribution in [0.4, 0.5) is 9.59 Å². The van der Waals surface area contributed by atoms with Gasteiger partial charge in [-0.3, -0.25) is 0 Å². The maximum Gasteiger partial charge on any atom is 2.00 e. The topological polar surface area (TPSA) is 407 Å². The van der Waals surface area contributed by atoms with Gasteiger partial charge in [0, 0.05) is 18.3 Å². The molecule has 30 heteroatoms. The second kappa shape index (κ2) is 138. The van der Waals surface area contributed by atoms with E-state index in [2.05, 4.69) is 0 Å². The molecule has 0 bridgehead atoms. The fourth-order valence-corrected chi connectivity index (χ4v) is 0. The molecule has 0 atom stereocenters. The fourth-order valence-electron chi connectivity index (χ4n) is 0. The molecule has 8 N–H and O–H groups in total. The number of hydrogen-bond acceptors (Lipinski definition) is 14. The number of carbonyl (C=O) groups excluding carboxylic acids is 2. The summed E-state index contributed by atoms with van der Waals surface area (Å²) < 4.78 is 17.0. The van der Waals surface area contributed by atoms with Crippen molar-refractivity contribution in [3.05, 3.63) is 0 Å². The van der Waals surface area contributed by atoms with Crippen molar-refractivity contribution in [2.24, 2.45) is 0 Å². The maximum atomic E-state index is 8.52. The van der Waals surface area contributed by atoms with E-state index < -0.39 is 30.7 Å². The van der Waals surface area contributed by atoms with Gasteiger partial charge < -0.3 is 94.9 Å². The van der Waals surface area contributed by atoms with Gasteiger partial charge in [0.25, 0.3) is 0 Å². The summed E-state index contributed by atoms with van der Waals surface area (Å²) in [7, 11) is -7.26. The molecule has 0 spiro atoms. The van der Waals surface area contributed by atoms with Gasteiger partial charge >= 0.3 is 356 Å². The summed E-state index contributed by atoms with van der Waals surface area (Å²) in [5.74, 6) is 0. The van der Waals surface area contributed by atoms with Crippen LogP contribution in [0.1, 0.15) is 0 Å². The molecule has 152 valence electrons. The molecule has 0 aliphatic heterocycles. The smallest absolute Gasteiger partial charge is 1.00 e. The standard InChI is InChI=1S/2CH2O3.3Ca.2FH.3K.3Na.2O3Si.5H2O/c2*2-1(3)4;;;;;;;;;;;;2*1-4(2)3;;;;;/h2*(H2,2,3,4);;;;2*1H;;;;;;;;;5*1H2/q;;3*+2;;;6*+1;2*-2;;;;;/p-8. The van der Waals surface area contributed by atoms with Gasteiger partial charge in [0.15, 0.2) is 0 Å². The molecule has 0 saturated heterocycles. The van der Waals surface area contributed by atoms with Crippen molar-refractivity contribution in [3.8, 4) is 0 Å². The van der Waals surface area contributed by atoms with Crippen molar-refractivity contribution in [1.29, 1.82) is 0 Å². The Morgan fingerprint density at radius 3 is 0.500 bits per heavy atom. The molecule has 0 amide bonds. The minimum absolute atomic E-state index is 0. The Hall–Kier alpha value is 9.12. The summed E-state index contributed by atoms with van der Waals surface area (Å²) in [5, 5.41) is 33.3. The molecule has 32 heavy (non-hydrogen) atoms. The van der Waals surface area contributed by atoms with Gasteiger partial charge in [-0.2, -0.15) is 0 Å². The Kier molecular flexibility index (Phi) is 638. The van der Waals surface area contributed by atoms with Crippen LogP contribution in [0.15, 0.2) is 0 Å². The summed E-state index contributed by atoms with van der Waals surface area (Å²) in [5.41, 5.74) is 0. The van der Waals surface area contributed by atoms with Gasteiger partial charge in [0.1, 0.15) is 0 Å². The van der Waals surface area contributed by atoms with E-state index in [0.29, 0.717) is 0 Å². The second-order valence-corrected chi connectivity index (χ2v) is 2.00. The second-order valence-electron chi connectivity index (χ2n) is 1.00.